The third-order valence-corrected chi connectivity index (χ3v) is 5.94. The molecule has 4 aromatic rings. The number of hydrogen-bond donors (Lipinski definition) is 2. The topological polar surface area (TPSA) is 127 Å². The molecule has 0 saturated heterocycles. The van der Waals surface area contributed by atoms with Gasteiger partial charge in [0.15, 0.2) is 0 Å². The summed E-state index contributed by atoms with van der Waals surface area (Å²) in [5.41, 5.74) is 7.53. The summed E-state index contributed by atoms with van der Waals surface area (Å²) in [6, 6.07) is 19.6. The third-order valence-electron chi connectivity index (χ3n) is 5.94. The first-order chi connectivity index (χ1) is 19.9. The normalized spacial score (nSPS) is 11.0. The van der Waals surface area contributed by atoms with E-state index >= 15 is 0 Å². The molecule has 0 aliphatic rings. The van der Waals surface area contributed by atoms with Crippen molar-refractivity contribution in [2.45, 2.75) is 39.4 Å². The first-order valence-electron chi connectivity index (χ1n) is 12.9. The summed E-state index contributed by atoms with van der Waals surface area (Å²) >= 11 is 0. The molecular formula is C32H28F2N4O4. The average Bonchev–Trinajstić information content (AvgIpc) is 2.93. The van der Waals surface area contributed by atoms with E-state index in [4.69, 9.17) is 20.5 Å². The van der Waals surface area contributed by atoms with Crippen LogP contribution in [0.5, 0.6) is 5.88 Å². The lowest BCUT2D eigenvalue weighted by Crippen LogP contribution is -2.24. The van der Waals surface area contributed by atoms with Gasteiger partial charge in [-0.05, 0) is 68.8 Å². The van der Waals surface area contributed by atoms with E-state index in [1.165, 1.54) is 42.5 Å². The number of pyridine rings is 1. The van der Waals surface area contributed by atoms with Crippen molar-refractivity contribution >= 4 is 23.3 Å². The molecular weight excluding hydrogens is 542 g/mol. The summed E-state index contributed by atoms with van der Waals surface area (Å²) in [5.74, 6) is -2.01. The number of nitrogen functional groups attached to an aromatic ring is 1. The zero-order valence-corrected chi connectivity index (χ0v) is 23.2. The standard InChI is InChI=1S/C32H28F2N4O4/c1-32(2,3)42-31(40)22-11-12-28(26(36)15-22)37-29(39)16-20-9-10-21(14-25(20)34)27-5-4-6-30(38-27)41-18-23-8-7-19(17-35)13-24(23)33/h4-15H,16,18,36H2,1-3H3,(H,37,39). The molecule has 42 heavy (non-hydrogen) atoms. The fraction of sp³-hybridized carbons (Fsp3) is 0.188. The third kappa shape index (κ3) is 7.67. The number of nitrogens with one attached hydrogen (secondary N) is 1. The number of hydrogen-bond acceptors (Lipinski definition) is 7. The van der Waals surface area contributed by atoms with E-state index in [0.717, 1.165) is 6.07 Å². The molecule has 8 nitrogen and oxygen atoms in total. The van der Waals surface area contributed by atoms with Crippen LogP contribution < -0.4 is 15.8 Å². The van der Waals surface area contributed by atoms with Gasteiger partial charge in [0.05, 0.1) is 40.7 Å². The van der Waals surface area contributed by atoms with Crippen molar-refractivity contribution in [1.82, 2.24) is 4.98 Å². The molecule has 3 aromatic carbocycles. The van der Waals surface area contributed by atoms with Crippen molar-refractivity contribution in [3.05, 3.63) is 107 Å². The van der Waals surface area contributed by atoms with Gasteiger partial charge in [0.1, 0.15) is 23.8 Å². The van der Waals surface area contributed by atoms with E-state index in [0.29, 0.717) is 11.3 Å². The van der Waals surface area contributed by atoms with E-state index in [1.54, 1.807) is 45.0 Å². The SMILES string of the molecule is CC(C)(C)OC(=O)c1ccc(NC(=O)Cc2ccc(-c3cccc(OCc4ccc(C#N)cc4F)n3)cc2F)c(N)c1. The smallest absolute Gasteiger partial charge is 0.338 e. The Hall–Kier alpha value is -5.30. The van der Waals surface area contributed by atoms with Crippen LogP contribution in [0.2, 0.25) is 0 Å². The van der Waals surface area contributed by atoms with Crippen molar-refractivity contribution in [3.63, 3.8) is 0 Å². The number of benzene rings is 3. The number of nitriles is 1. The molecule has 0 spiro atoms. The summed E-state index contributed by atoms with van der Waals surface area (Å²) < 4.78 is 40.1. The molecule has 214 valence electrons. The molecule has 0 bridgehead atoms. The van der Waals surface area contributed by atoms with Crippen LogP contribution in [0.3, 0.4) is 0 Å². The van der Waals surface area contributed by atoms with Gasteiger partial charge in [0, 0.05) is 17.2 Å². The highest BCUT2D eigenvalue weighted by atomic mass is 19.1. The fourth-order valence-corrected chi connectivity index (χ4v) is 3.90. The number of carbonyl (C=O) groups excluding carboxylic acids is 2. The second-order valence-corrected chi connectivity index (χ2v) is 10.4. The van der Waals surface area contributed by atoms with Crippen LogP contribution in [-0.2, 0) is 22.6 Å². The van der Waals surface area contributed by atoms with Crippen LogP contribution in [0.4, 0.5) is 20.2 Å². The number of halogens is 2. The maximum absolute atomic E-state index is 15.0. The van der Waals surface area contributed by atoms with E-state index < -0.39 is 29.1 Å². The van der Waals surface area contributed by atoms with E-state index in [2.05, 4.69) is 10.3 Å². The number of aromatic nitrogens is 1. The molecule has 0 aliphatic carbocycles. The van der Waals surface area contributed by atoms with Gasteiger partial charge in [-0.15, -0.1) is 0 Å². The van der Waals surface area contributed by atoms with Crippen LogP contribution >= 0.6 is 0 Å². The van der Waals surface area contributed by atoms with Gasteiger partial charge in [0.25, 0.3) is 0 Å². The number of esters is 1. The maximum Gasteiger partial charge on any atom is 0.338 e. The average molecular weight is 571 g/mol. The fourth-order valence-electron chi connectivity index (χ4n) is 3.90. The lowest BCUT2D eigenvalue weighted by Gasteiger charge is -2.19. The van der Waals surface area contributed by atoms with Gasteiger partial charge >= 0.3 is 5.97 Å². The number of amides is 1. The molecule has 1 heterocycles. The summed E-state index contributed by atoms with van der Waals surface area (Å²) in [6.07, 6.45) is -0.258. The van der Waals surface area contributed by atoms with Crippen LogP contribution in [0.25, 0.3) is 11.3 Å². The molecule has 0 atom stereocenters. The Kier molecular flexibility index (Phi) is 8.82. The molecule has 0 unspecified atom stereocenters. The van der Waals surface area contributed by atoms with Crippen molar-refractivity contribution < 1.29 is 27.8 Å². The van der Waals surface area contributed by atoms with Crippen LogP contribution in [-0.4, -0.2) is 22.5 Å². The highest BCUT2D eigenvalue weighted by Gasteiger charge is 2.19. The molecule has 1 amide bonds. The van der Waals surface area contributed by atoms with E-state index in [-0.39, 0.29) is 52.5 Å². The number of nitrogens with zero attached hydrogens (tertiary/aromatic N) is 2. The predicted octanol–water partition coefficient (Wildman–Crippen LogP) is 6.20. The zero-order valence-electron chi connectivity index (χ0n) is 23.2. The minimum atomic E-state index is -0.668. The monoisotopic (exact) mass is 570 g/mol. The van der Waals surface area contributed by atoms with Gasteiger partial charge in [-0.1, -0.05) is 24.3 Å². The first kappa shape index (κ1) is 29.7. The Balaban J connectivity index is 1.39. The lowest BCUT2D eigenvalue weighted by atomic mass is 10.1. The second kappa shape index (κ2) is 12.5. The second-order valence-electron chi connectivity index (χ2n) is 10.4. The van der Waals surface area contributed by atoms with Gasteiger partial charge in [-0.2, -0.15) is 5.26 Å². The molecule has 10 heteroatoms. The molecule has 0 aliphatic heterocycles. The zero-order chi connectivity index (χ0) is 30.4. The molecule has 0 fully saturated rings. The van der Waals surface area contributed by atoms with Crippen LogP contribution in [0.1, 0.15) is 47.8 Å². The maximum atomic E-state index is 15.0. The van der Waals surface area contributed by atoms with Crippen LogP contribution in [0, 0.1) is 23.0 Å². The van der Waals surface area contributed by atoms with E-state index in [1.807, 2.05) is 6.07 Å². The Morgan fingerprint density at radius 3 is 2.38 bits per heavy atom. The van der Waals surface area contributed by atoms with Gasteiger partial charge in [0.2, 0.25) is 11.8 Å². The Morgan fingerprint density at radius 2 is 1.71 bits per heavy atom. The van der Waals surface area contributed by atoms with Crippen molar-refractivity contribution in [1.29, 1.82) is 5.26 Å². The van der Waals surface area contributed by atoms with Crippen molar-refractivity contribution in [2.24, 2.45) is 0 Å². The van der Waals surface area contributed by atoms with E-state index in [9.17, 15) is 18.4 Å². The summed E-state index contributed by atoms with van der Waals surface area (Å²) in [7, 11) is 0. The summed E-state index contributed by atoms with van der Waals surface area (Å²) in [4.78, 5) is 29.3. The van der Waals surface area contributed by atoms with Gasteiger partial charge in [-0.25, -0.2) is 18.6 Å². The number of nitrogens with two attached hydrogens (primary N) is 1. The number of anilines is 2. The highest BCUT2D eigenvalue weighted by Crippen LogP contribution is 2.25. The number of rotatable bonds is 8. The Morgan fingerprint density at radius 1 is 0.976 bits per heavy atom. The summed E-state index contributed by atoms with van der Waals surface area (Å²) in [5, 5.41) is 11.5. The Bertz CT molecular complexity index is 1690. The molecule has 0 radical (unpaired) electrons. The molecule has 3 N–H and O–H groups in total. The minimum Gasteiger partial charge on any atom is -0.473 e. The van der Waals surface area contributed by atoms with Gasteiger partial charge in [-0.3, -0.25) is 4.79 Å². The number of carbonyl (C=O) groups is 2. The van der Waals surface area contributed by atoms with Crippen LogP contribution in [0.15, 0.2) is 72.8 Å². The lowest BCUT2D eigenvalue weighted by molar-refractivity contribution is -0.115. The minimum absolute atomic E-state index is 0.106. The first-order valence-corrected chi connectivity index (χ1v) is 12.9. The largest absolute Gasteiger partial charge is 0.473 e. The highest BCUT2D eigenvalue weighted by molar-refractivity contribution is 5.97. The predicted molar refractivity (Wildman–Crippen MR) is 153 cm³/mol. The number of ether oxygens (including phenoxy) is 2. The molecule has 4 rings (SSSR count). The van der Waals surface area contributed by atoms with Gasteiger partial charge < -0.3 is 20.5 Å². The quantitative estimate of drug-likeness (QED) is 0.191. The summed E-state index contributed by atoms with van der Waals surface area (Å²) in [6.45, 7) is 5.15. The van der Waals surface area contributed by atoms with Crippen molar-refractivity contribution in [3.8, 4) is 23.2 Å². The molecule has 1 aromatic heterocycles. The molecule has 0 saturated carbocycles. The van der Waals surface area contributed by atoms with Crippen molar-refractivity contribution in [2.75, 3.05) is 11.1 Å². The Labute approximate surface area is 241 Å².